The summed E-state index contributed by atoms with van der Waals surface area (Å²) in [6.45, 7) is 4.59. The fourth-order valence-electron chi connectivity index (χ4n) is 2.65. The molecule has 0 aliphatic heterocycles. The molecule has 2 heterocycles. The van der Waals surface area contributed by atoms with E-state index in [-0.39, 0.29) is 5.91 Å². The number of amides is 1. The SMILES string of the molecule is Cc1nc2c(s1)CCC[C@@H]2CNC(=O)c1csnc1C. The van der Waals surface area contributed by atoms with Crippen molar-refractivity contribution >= 4 is 28.8 Å². The molecule has 1 atom stereocenters. The lowest BCUT2D eigenvalue weighted by Gasteiger charge is -2.21. The lowest BCUT2D eigenvalue weighted by atomic mass is 9.91. The molecule has 0 aromatic carbocycles. The minimum absolute atomic E-state index is 0.0182. The van der Waals surface area contributed by atoms with Gasteiger partial charge in [-0.1, -0.05) is 0 Å². The third kappa shape index (κ3) is 2.62. The van der Waals surface area contributed by atoms with Crippen LogP contribution >= 0.6 is 22.9 Å². The Bertz CT molecular complexity index is 632. The summed E-state index contributed by atoms with van der Waals surface area (Å²) in [6, 6.07) is 0. The standard InChI is InChI=1S/C14H17N3OS2/c1-8-11(7-19-17-8)14(18)15-6-10-4-3-5-12-13(10)16-9(2)20-12/h7,10H,3-6H2,1-2H3,(H,15,18)/t10-/m1/s1. The number of nitrogens with zero attached hydrogens (tertiary/aromatic N) is 2. The molecular formula is C14H17N3OS2. The van der Waals surface area contributed by atoms with Gasteiger partial charge in [0.1, 0.15) is 0 Å². The van der Waals surface area contributed by atoms with Gasteiger partial charge in [0.2, 0.25) is 0 Å². The Balaban J connectivity index is 1.68. The van der Waals surface area contributed by atoms with Crippen molar-refractivity contribution in [1.29, 1.82) is 0 Å². The second kappa shape index (κ2) is 5.61. The van der Waals surface area contributed by atoms with E-state index in [0.717, 1.165) is 23.5 Å². The summed E-state index contributed by atoms with van der Waals surface area (Å²) in [4.78, 5) is 18.2. The number of hydrogen-bond acceptors (Lipinski definition) is 5. The number of hydrogen-bond donors (Lipinski definition) is 1. The molecule has 20 heavy (non-hydrogen) atoms. The smallest absolute Gasteiger partial charge is 0.254 e. The molecule has 0 unspecified atom stereocenters. The van der Waals surface area contributed by atoms with E-state index in [9.17, 15) is 4.79 Å². The molecule has 3 rings (SSSR count). The van der Waals surface area contributed by atoms with Gasteiger partial charge < -0.3 is 5.32 Å². The zero-order chi connectivity index (χ0) is 14.1. The van der Waals surface area contributed by atoms with Crippen LogP contribution in [0.2, 0.25) is 0 Å². The van der Waals surface area contributed by atoms with Crippen LogP contribution in [0.15, 0.2) is 5.38 Å². The van der Waals surface area contributed by atoms with E-state index in [1.54, 1.807) is 11.3 Å². The van der Waals surface area contributed by atoms with E-state index >= 15 is 0 Å². The maximum absolute atomic E-state index is 12.1. The summed E-state index contributed by atoms with van der Waals surface area (Å²) in [6.07, 6.45) is 3.43. The average molecular weight is 307 g/mol. The van der Waals surface area contributed by atoms with Gasteiger partial charge >= 0.3 is 0 Å². The van der Waals surface area contributed by atoms with E-state index < -0.39 is 0 Å². The highest BCUT2D eigenvalue weighted by molar-refractivity contribution is 7.11. The van der Waals surface area contributed by atoms with Gasteiger partial charge in [0, 0.05) is 22.7 Å². The second-order valence-electron chi connectivity index (χ2n) is 5.15. The minimum Gasteiger partial charge on any atom is -0.351 e. The number of aryl methyl sites for hydroxylation is 3. The van der Waals surface area contributed by atoms with Gasteiger partial charge in [-0.05, 0) is 44.6 Å². The Hall–Kier alpha value is -1.27. The summed E-state index contributed by atoms with van der Waals surface area (Å²) in [7, 11) is 0. The first kappa shape index (κ1) is 13.7. The van der Waals surface area contributed by atoms with Gasteiger partial charge in [-0.25, -0.2) is 4.98 Å². The van der Waals surface area contributed by atoms with Gasteiger partial charge in [-0.3, -0.25) is 4.79 Å². The molecule has 1 aliphatic carbocycles. The molecule has 0 saturated heterocycles. The molecule has 1 aliphatic rings. The average Bonchev–Trinajstić information content (AvgIpc) is 3.00. The van der Waals surface area contributed by atoms with Gasteiger partial charge in [0.15, 0.2) is 0 Å². The number of nitrogens with one attached hydrogen (secondary N) is 1. The number of fused-ring (bicyclic) bond motifs is 1. The zero-order valence-corrected chi connectivity index (χ0v) is 13.2. The summed E-state index contributed by atoms with van der Waals surface area (Å²) >= 11 is 3.12. The fraction of sp³-hybridized carbons (Fsp3) is 0.500. The van der Waals surface area contributed by atoms with Crippen LogP contribution in [0.3, 0.4) is 0 Å². The molecular weight excluding hydrogens is 290 g/mol. The third-order valence-electron chi connectivity index (χ3n) is 3.68. The van der Waals surface area contributed by atoms with E-state index in [2.05, 4.69) is 21.6 Å². The molecule has 4 nitrogen and oxygen atoms in total. The fourth-order valence-corrected chi connectivity index (χ4v) is 4.41. The Kier molecular flexibility index (Phi) is 3.85. The Morgan fingerprint density at radius 2 is 2.35 bits per heavy atom. The van der Waals surface area contributed by atoms with Crippen molar-refractivity contribution in [2.24, 2.45) is 0 Å². The number of aromatic nitrogens is 2. The quantitative estimate of drug-likeness (QED) is 0.948. The number of carbonyl (C=O) groups excluding carboxylic acids is 1. The molecule has 2 aromatic rings. The monoisotopic (exact) mass is 307 g/mol. The molecule has 0 bridgehead atoms. The summed E-state index contributed by atoms with van der Waals surface area (Å²) in [5, 5.41) is 5.98. The van der Waals surface area contributed by atoms with Gasteiger partial charge in [-0.15, -0.1) is 11.3 Å². The highest BCUT2D eigenvalue weighted by atomic mass is 32.1. The van der Waals surface area contributed by atoms with Crippen molar-refractivity contribution in [2.75, 3.05) is 6.54 Å². The molecule has 106 valence electrons. The maximum atomic E-state index is 12.1. The van der Waals surface area contributed by atoms with Crippen molar-refractivity contribution in [3.63, 3.8) is 0 Å². The molecule has 0 spiro atoms. The third-order valence-corrected chi connectivity index (χ3v) is 5.45. The molecule has 0 radical (unpaired) electrons. The van der Waals surface area contributed by atoms with Gasteiger partial charge in [0.25, 0.3) is 5.91 Å². The van der Waals surface area contributed by atoms with Crippen LogP contribution < -0.4 is 5.32 Å². The predicted molar refractivity (Wildman–Crippen MR) is 81.7 cm³/mol. The van der Waals surface area contributed by atoms with E-state index in [0.29, 0.717) is 18.0 Å². The largest absolute Gasteiger partial charge is 0.351 e. The van der Waals surface area contributed by atoms with Gasteiger partial charge in [0.05, 0.1) is 22.0 Å². The van der Waals surface area contributed by atoms with Crippen LogP contribution in [0.4, 0.5) is 0 Å². The van der Waals surface area contributed by atoms with Crippen molar-refractivity contribution < 1.29 is 4.79 Å². The lowest BCUT2D eigenvalue weighted by Crippen LogP contribution is -2.30. The number of carbonyl (C=O) groups is 1. The molecule has 2 aromatic heterocycles. The van der Waals surface area contributed by atoms with Crippen LogP contribution in [-0.4, -0.2) is 21.8 Å². The topological polar surface area (TPSA) is 54.9 Å². The summed E-state index contributed by atoms with van der Waals surface area (Å²) in [5.74, 6) is 0.342. The Morgan fingerprint density at radius 3 is 3.10 bits per heavy atom. The normalized spacial score (nSPS) is 17.8. The molecule has 1 amide bonds. The summed E-state index contributed by atoms with van der Waals surface area (Å²) in [5.41, 5.74) is 2.71. The van der Waals surface area contributed by atoms with Crippen LogP contribution in [0.5, 0.6) is 0 Å². The molecule has 1 N–H and O–H groups in total. The first-order chi connectivity index (χ1) is 9.65. The van der Waals surface area contributed by atoms with Crippen molar-refractivity contribution in [3.05, 3.63) is 32.2 Å². The summed E-state index contributed by atoms with van der Waals surface area (Å²) < 4.78 is 4.14. The highest BCUT2D eigenvalue weighted by Gasteiger charge is 2.24. The Labute approximate surface area is 126 Å². The van der Waals surface area contributed by atoms with Crippen molar-refractivity contribution in [3.8, 4) is 0 Å². The first-order valence-electron chi connectivity index (χ1n) is 6.80. The minimum atomic E-state index is -0.0182. The highest BCUT2D eigenvalue weighted by Crippen LogP contribution is 2.34. The maximum Gasteiger partial charge on any atom is 0.254 e. The van der Waals surface area contributed by atoms with Crippen LogP contribution in [0, 0.1) is 13.8 Å². The zero-order valence-electron chi connectivity index (χ0n) is 11.6. The Morgan fingerprint density at radius 1 is 1.50 bits per heavy atom. The van der Waals surface area contributed by atoms with Crippen LogP contribution in [-0.2, 0) is 6.42 Å². The van der Waals surface area contributed by atoms with Crippen LogP contribution in [0.1, 0.15) is 50.4 Å². The first-order valence-corrected chi connectivity index (χ1v) is 8.46. The lowest BCUT2D eigenvalue weighted by molar-refractivity contribution is 0.0950. The van der Waals surface area contributed by atoms with Crippen LogP contribution in [0.25, 0.3) is 0 Å². The van der Waals surface area contributed by atoms with E-state index in [1.807, 2.05) is 12.3 Å². The molecule has 0 saturated carbocycles. The molecule has 0 fully saturated rings. The molecule has 6 heteroatoms. The number of rotatable bonds is 3. The van der Waals surface area contributed by atoms with E-state index in [1.165, 1.54) is 28.5 Å². The van der Waals surface area contributed by atoms with Gasteiger partial charge in [-0.2, -0.15) is 4.37 Å². The number of thiazole rings is 1. The predicted octanol–water partition coefficient (Wildman–Crippen LogP) is 3.07. The van der Waals surface area contributed by atoms with Crippen molar-refractivity contribution in [2.45, 2.75) is 39.0 Å². The van der Waals surface area contributed by atoms with E-state index in [4.69, 9.17) is 0 Å². The van der Waals surface area contributed by atoms with Crippen molar-refractivity contribution in [1.82, 2.24) is 14.7 Å². The second-order valence-corrected chi connectivity index (χ2v) is 7.07.